The minimum absolute atomic E-state index is 0.0871. The summed E-state index contributed by atoms with van der Waals surface area (Å²) in [6, 6.07) is 4.31. The number of nitrogens with one attached hydrogen (secondary N) is 2. The molecule has 10 heteroatoms. The number of benzene rings is 1. The van der Waals surface area contributed by atoms with Gasteiger partial charge in [-0.25, -0.2) is 4.79 Å². The highest BCUT2D eigenvalue weighted by atomic mass is 16.6. The van der Waals surface area contributed by atoms with E-state index in [0.717, 1.165) is 37.0 Å². The van der Waals surface area contributed by atoms with Gasteiger partial charge in [0, 0.05) is 24.1 Å². The number of nitrogens with zero attached hydrogens (tertiary/aromatic N) is 1. The molecule has 1 saturated carbocycles. The summed E-state index contributed by atoms with van der Waals surface area (Å²) in [5.74, 6) is -2.23. The Kier molecular flexibility index (Phi) is 10.4. The van der Waals surface area contributed by atoms with Crippen LogP contribution in [0.2, 0.25) is 0 Å². The molecule has 1 aliphatic rings. The normalized spacial score (nSPS) is 15.5. The number of hydrogen-bond acceptors (Lipinski definition) is 6. The third-order valence-corrected chi connectivity index (χ3v) is 6.07. The molecule has 5 N–H and O–H groups in total. The number of primary amides is 1. The number of alkyl carbamates (subject to hydrolysis) is 1. The summed E-state index contributed by atoms with van der Waals surface area (Å²) in [7, 11) is 0. The van der Waals surface area contributed by atoms with Crippen LogP contribution in [-0.4, -0.2) is 51.5 Å². The molecule has 0 aliphatic heterocycles. The van der Waals surface area contributed by atoms with E-state index < -0.39 is 41.5 Å². The van der Waals surface area contributed by atoms with Crippen LogP contribution >= 0.6 is 0 Å². The first kappa shape index (κ1) is 29.5. The molecular weight excluding hydrogens is 476 g/mol. The number of nitrogens with two attached hydrogens (primary N) is 1. The Morgan fingerprint density at radius 1 is 1.22 bits per heavy atom. The van der Waals surface area contributed by atoms with Crippen molar-refractivity contribution in [1.82, 2.24) is 15.5 Å². The van der Waals surface area contributed by atoms with E-state index in [2.05, 4.69) is 16.7 Å². The van der Waals surface area contributed by atoms with Crippen LogP contribution in [0.1, 0.15) is 82.9 Å². The van der Waals surface area contributed by atoms with Gasteiger partial charge in [0.05, 0.1) is 0 Å². The molecule has 1 fully saturated rings. The van der Waals surface area contributed by atoms with Crippen LogP contribution in [0.3, 0.4) is 0 Å². The van der Waals surface area contributed by atoms with Crippen molar-refractivity contribution < 1.29 is 29.0 Å². The topological polar surface area (TPSA) is 151 Å². The van der Waals surface area contributed by atoms with Gasteiger partial charge in [-0.1, -0.05) is 43.9 Å². The van der Waals surface area contributed by atoms with Gasteiger partial charge in [-0.3, -0.25) is 19.3 Å². The molecule has 1 aromatic rings. The maximum absolute atomic E-state index is 13.7. The predicted octanol–water partition coefficient (Wildman–Crippen LogP) is 2.77. The number of terminal acetylenes is 1. The highest BCUT2D eigenvalue weighted by molar-refractivity contribution is 5.94. The Labute approximate surface area is 218 Å². The number of aromatic hydroxyl groups is 1. The van der Waals surface area contributed by atoms with E-state index in [9.17, 15) is 24.3 Å². The fraction of sp³-hybridized carbons (Fsp3) is 0.556. The minimum Gasteiger partial charge on any atom is -0.507 e. The lowest BCUT2D eigenvalue weighted by Crippen LogP contribution is -2.52. The third kappa shape index (κ3) is 8.70. The van der Waals surface area contributed by atoms with Crippen molar-refractivity contribution in [3.05, 3.63) is 29.3 Å². The van der Waals surface area contributed by atoms with Gasteiger partial charge in [0.25, 0.3) is 5.91 Å². The van der Waals surface area contributed by atoms with Gasteiger partial charge in [-0.05, 0) is 52.5 Å². The van der Waals surface area contributed by atoms with Crippen molar-refractivity contribution in [2.45, 2.75) is 96.4 Å². The summed E-state index contributed by atoms with van der Waals surface area (Å²) < 4.78 is 5.26. The number of carbonyl (C=O) groups excluding carboxylic acids is 4. The summed E-state index contributed by atoms with van der Waals surface area (Å²) in [6.07, 6.45) is 9.09. The molecule has 0 heterocycles. The SMILES string of the molecule is C#CN(C(=O)C(CCC(N)=O)NC(=O)OC(C)(C)C)C(C(=O)NC1CCCCC1)c1cccc(C)c1O. The van der Waals surface area contributed by atoms with Crippen LogP contribution in [0, 0.1) is 19.4 Å². The summed E-state index contributed by atoms with van der Waals surface area (Å²) in [6.45, 7) is 6.64. The van der Waals surface area contributed by atoms with Crippen molar-refractivity contribution >= 4 is 23.8 Å². The van der Waals surface area contributed by atoms with Crippen LogP contribution in [0.15, 0.2) is 18.2 Å². The zero-order chi connectivity index (χ0) is 27.8. The lowest BCUT2D eigenvalue weighted by atomic mass is 9.94. The molecule has 0 bridgehead atoms. The van der Waals surface area contributed by atoms with Gasteiger partial charge in [0.15, 0.2) is 6.04 Å². The second kappa shape index (κ2) is 13.0. The summed E-state index contributed by atoms with van der Waals surface area (Å²) in [5.41, 5.74) is 5.07. The second-order valence-electron chi connectivity index (χ2n) is 10.3. The number of amides is 4. The number of para-hydroxylation sites is 1. The monoisotopic (exact) mass is 514 g/mol. The van der Waals surface area contributed by atoms with Crippen molar-refractivity contribution in [1.29, 1.82) is 0 Å². The van der Waals surface area contributed by atoms with E-state index in [0.29, 0.717) is 5.56 Å². The fourth-order valence-corrected chi connectivity index (χ4v) is 4.25. The Bertz CT molecular complexity index is 1040. The minimum atomic E-state index is -1.38. The van der Waals surface area contributed by atoms with E-state index >= 15 is 0 Å². The van der Waals surface area contributed by atoms with E-state index in [1.807, 2.05) is 0 Å². The van der Waals surface area contributed by atoms with Gasteiger partial charge in [0.1, 0.15) is 17.4 Å². The van der Waals surface area contributed by atoms with Crippen LogP contribution in [0.4, 0.5) is 4.79 Å². The highest BCUT2D eigenvalue weighted by Crippen LogP contribution is 2.32. The molecular formula is C27H38N4O6. The van der Waals surface area contributed by atoms with Gasteiger partial charge in [-0.15, -0.1) is 0 Å². The number of aryl methyl sites for hydroxylation is 1. The number of carbonyl (C=O) groups is 4. The van der Waals surface area contributed by atoms with E-state index in [1.54, 1.807) is 39.8 Å². The predicted molar refractivity (Wildman–Crippen MR) is 138 cm³/mol. The zero-order valence-corrected chi connectivity index (χ0v) is 22.0. The van der Waals surface area contributed by atoms with Gasteiger partial charge in [-0.2, -0.15) is 0 Å². The maximum Gasteiger partial charge on any atom is 0.408 e. The molecule has 2 unspecified atom stereocenters. The molecule has 0 spiro atoms. The number of phenols is 1. The molecule has 2 rings (SSSR count). The largest absolute Gasteiger partial charge is 0.507 e. The number of hydrogen-bond donors (Lipinski definition) is 4. The smallest absolute Gasteiger partial charge is 0.408 e. The average molecular weight is 515 g/mol. The molecule has 2 atom stereocenters. The molecule has 37 heavy (non-hydrogen) atoms. The third-order valence-electron chi connectivity index (χ3n) is 6.07. The van der Waals surface area contributed by atoms with Crippen LogP contribution in [-0.2, 0) is 19.1 Å². The first-order chi connectivity index (χ1) is 17.3. The molecule has 1 aliphatic carbocycles. The van der Waals surface area contributed by atoms with Crippen LogP contribution < -0.4 is 16.4 Å². The Morgan fingerprint density at radius 3 is 2.43 bits per heavy atom. The lowest BCUT2D eigenvalue weighted by molar-refractivity contribution is -0.139. The average Bonchev–Trinajstić information content (AvgIpc) is 2.81. The van der Waals surface area contributed by atoms with E-state index in [-0.39, 0.29) is 30.2 Å². The van der Waals surface area contributed by atoms with Crippen molar-refractivity contribution in [2.24, 2.45) is 5.73 Å². The van der Waals surface area contributed by atoms with Gasteiger partial charge < -0.3 is 26.2 Å². The highest BCUT2D eigenvalue weighted by Gasteiger charge is 2.38. The Hall–Kier alpha value is -3.74. The molecule has 0 aromatic heterocycles. The number of rotatable bonds is 9. The van der Waals surface area contributed by atoms with Crippen molar-refractivity contribution in [3.63, 3.8) is 0 Å². The summed E-state index contributed by atoms with van der Waals surface area (Å²) in [4.78, 5) is 52.1. The quantitative estimate of drug-likeness (QED) is 0.294. The fourth-order valence-electron chi connectivity index (χ4n) is 4.25. The van der Waals surface area contributed by atoms with Crippen LogP contribution in [0.25, 0.3) is 0 Å². The zero-order valence-electron chi connectivity index (χ0n) is 22.0. The molecule has 202 valence electrons. The molecule has 0 radical (unpaired) electrons. The maximum atomic E-state index is 13.7. The van der Waals surface area contributed by atoms with Crippen molar-refractivity contribution in [2.75, 3.05) is 0 Å². The van der Waals surface area contributed by atoms with Crippen molar-refractivity contribution in [3.8, 4) is 18.2 Å². The Balaban J connectivity index is 2.45. The molecule has 4 amide bonds. The van der Waals surface area contributed by atoms with Gasteiger partial charge in [0.2, 0.25) is 11.8 Å². The standard InChI is InChI=1S/C27H38N4O6/c1-6-31(25(35)20(15-16-21(28)32)30-26(36)37-27(3,4)5)22(19-14-10-11-17(2)23(19)33)24(34)29-18-12-8-7-9-13-18/h1,10-11,14,18,20,22,33H,7-9,12-13,15-16H2,2-5H3,(H2,28,32)(H,29,34)(H,30,36). The summed E-state index contributed by atoms with van der Waals surface area (Å²) >= 11 is 0. The molecule has 10 nitrogen and oxygen atoms in total. The molecule has 1 aromatic carbocycles. The number of phenolic OH excluding ortho intramolecular Hbond substituents is 1. The second-order valence-corrected chi connectivity index (χ2v) is 10.3. The summed E-state index contributed by atoms with van der Waals surface area (Å²) in [5, 5.41) is 16.2. The Morgan fingerprint density at radius 2 is 1.86 bits per heavy atom. The van der Waals surface area contributed by atoms with E-state index in [1.165, 1.54) is 6.07 Å². The first-order valence-electron chi connectivity index (χ1n) is 12.5. The van der Waals surface area contributed by atoms with Crippen LogP contribution in [0.5, 0.6) is 5.75 Å². The molecule has 0 saturated heterocycles. The van der Waals surface area contributed by atoms with Gasteiger partial charge >= 0.3 is 6.09 Å². The number of ether oxygens (including phenoxy) is 1. The first-order valence-corrected chi connectivity index (χ1v) is 12.5. The van der Waals surface area contributed by atoms with E-state index in [4.69, 9.17) is 16.9 Å². The lowest BCUT2D eigenvalue weighted by Gasteiger charge is -2.32.